The van der Waals surface area contributed by atoms with Crippen molar-refractivity contribution in [2.45, 2.75) is 31.2 Å². The molecule has 0 spiro atoms. The van der Waals surface area contributed by atoms with Crippen molar-refractivity contribution < 1.29 is 0 Å². The largest absolute Gasteiger partial charge is 0.271 e. The van der Waals surface area contributed by atoms with E-state index >= 15 is 0 Å². The highest BCUT2D eigenvalue weighted by Gasteiger charge is 2.08. The lowest BCUT2D eigenvalue weighted by molar-refractivity contribution is 0.575. The number of benzene rings is 2. The average Bonchev–Trinajstić information content (AvgIpc) is 2.45. The number of hydrazine groups is 1. The molecule has 3 N–H and O–H groups in total. The SMILES string of the molecule is Cc1ccc(SCC(Cc2cccc(C)c2)NN)cc1. The van der Waals surface area contributed by atoms with Gasteiger partial charge in [-0.15, -0.1) is 11.8 Å². The molecule has 0 fully saturated rings. The van der Waals surface area contributed by atoms with Crippen molar-refractivity contribution in [3.63, 3.8) is 0 Å². The minimum Gasteiger partial charge on any atom is -0.271 e. The molecule has 0 saturated carbocycles. The third kappa shape index (κ3) is 4.67. The van der Waals surface area contributed by atoms with Crippen LogP contribution in [0.3, 0.4) is 0 Å². The summed E-state index contributed by atoms with van der Waals surface area (Å²) in [5.74, 6) is 6.65. The predicted molar refractivity (Wildman–Crippen MR) is 87.9 cm³/mol. The van der Waals surface area contributed by atoms with Crippen LogP contribution in [0.15, 0.2) is 53.4 Å². The van der Waals surface area contributed by atoms with Crippen LogP contribution in [-0.4, -0.2) is 11.8 Å². The maximum Gasteiger partial charge on any atom is 0.0344 e. The number of thioether (sulfide) groups is 1. The maximum atomic E-state index is 5.68. The van der Waals surface area contributed by atoms with Crippen molar-refractivity contribution in [1.29, 1.82) is 0 Å². The van der Waals surface area contributed by atoms with E-state index in [9.17, 15) is 0 Å². The lowest BCUT2D eigenvalue weighted by Crippen LogP contribution is -2.38. The Kier molecular flexibility index (Phi) is 5.65. The highest BCUT2D eigenvalue weighted by molar-refractivity contribution is 7.99. The molecule has 0 aliphatic rings. The van der Waals surface area contributed by atoms with Crippen molar-refractivity contribution in [3.05, 3.63) is 65.2 Å². The van der Waals surface area contributed by atoms with Crippen molar-refractivity contribution in [1.82, 2.24) is 5.43 Å². The van der Waals surface area contributed by atoms with Crippen molar-refractivity contribution >= 4 is 11.8 Å². The molecule has 3 heteroatoms. The van der Waals surface area contributed by atoms with Crippen LogP contribution in [0.2, 0.25) is 0 Å². The first-order valence-electron chi connectivity index (χ1n) is 6.88. The molecule has 0 radical (unpaired) electrons. The normalized spacial score (nSPS) is 12.3. The Morgan fingerprint density at radius 2 is 1.80 bits per heavy atom. The van der Waals surface area contributed by atoms with E-state index in [4.69, 9.17) is 5.84 Å². The summed E-state index contributed by atoms with van der Waals surface area (Å²) in [4.78, 5) is 1.29. The van der Waals surface area contributed by atoms with Gasteiger partial charge in [-0.2, -0.15) is 0 Å². The van der Waals surface area contributed by atoms with Crippen LogP contribution in [0, 0.1) is 13.8 Å². The maximum absolute atomic E-state index is 5.68. The van der Waals surface area contributed by atoms with Crippen LogP contribution >= 0.6 is 11.8 Å². The molecule has 0 heterocycles. The molecule has 0 saturated heterocycles. The molecule has 2 aromatic rings. The fourth-order valence-electron chi connectivity index (χ4n) is 2.12. The summed E-state index contributed by atoms with van der Waals surface area (Å²) in [6, 6.07) is 17.5. The number of hydrogen-bond donors (Lipinski definition) is 2. The minimum absolute atomic E-state index is 0.281. The zero-order valence-corrected chi connectivity index (χ0v) is 12.9. The topological polar surface area (TPSA) is 38.0 Å². The minimum atomic E-state index is 0.281. The van der Waals surface area contributed by atoms with E-state index in [2.05, 4.69) is 67.8 Å². The van der Waals surface area contributed by atoms with Crippen LogP contribution in [0.25, 0.3) is 0 Å². The van der Waals surface area contributed by atoms with Gasteiger partial charge in [0.2, 0.25) is 0 Å². The smallest absolute Gasteiger partial charge is 0.0344 e. The number of nitrogens with two attached hydrogens (primary N) is 1. The zero-order valence-electron chi connectivity index (χ0n) is 12.1. The van der Waals surface area contributed by atoms with Crippen molar-refractivity contribution in [3.8, 4) is 0 Å². The second-order valence-corrected chi connectivity index (χ2v) is 6.27. The third-order valence-corrected chi connectivity index (χ3v) is 4.45. The van der Waals surface area contributed by atoms with Gasteiger partial charge in [-0.05, 0) is 38.0 Å². The lowest BCUT2D eigenvalue weighted by Gasteiger charge is -2.16. The molecular formula is C17H22N2S. The fourth-order valence-corrected chi connectivity index (χ4v) is 3.06. The Labute approximate surface area is 125 Å². The van der Waals surface area contributed by atoms with E-state index in [1.165, 1.54) is 21.6 Å². The van der Waals surface area contributed by atoms with Crippen LogP contribution in [-0.2, 0) is 6.42 Å². The van der Waals surface area contributed by atoms with Crippen LogP contribution < -0.4 is 11.3 Å². The van der Waals surface area contributed by atoms with Crippen molar-refractivity contribution in [2.24, 2.45) is 5.84 Å². The van der Waals surface area contributed by atoms with E-state index < -0.39 is 0 Å². The molecule has 2 nitrogen and oxygen atoms in total. The van der Waals surface area contributed by atoms with Gasteiger partial charge in [0.1, 0.15) is 0 Å². The molecular weight excluding hydrogens is 264 g/mol. The van der Waals surface area contributed by atoms with Gasteiger partial charge < -0.3 is 0 Å². The van der Waals surface area contributed by atoms with E-state index in [0.29, 0.717) is 0 Å². The zero-order chi connectivity index (χ0) is 14.4. The van der Waals surface area contributed by atoms with E-state index in [1.54, 1.807) is 0 Å². The summed E-state index contributed by atoms with van der Waals surface area (Å²) >= 11 is 1.84. The van der Waals surface area contributed by atoms with E-state index in [0.717, 1.165) is 12.2 Å². The van der Waals surface area contributed by atoms with Crippen LogP contribution in [0.5, 0.6) is 0 Å². The first kappa shape index (κ1) is 15.1. The summed E-state index contributed by atoms with van der Waals surface area (Å²) in [7, 11) is 0. The Hall–Kier alpha value is -1.29. The molecule has 0 aliphatic heterocycles. The molecule has 0 aromatic heterocycles. The number of aryl methyl sites for hydroxylation is 2. The Morgan fingerprint density at radius 3 is 2.45 bits per heavy atom. The molecule has 2 rings (SSSR count). The summed E-state index contributed by atoms with van der Waals surface area (Å²) in [5.41, 5.74) is 6.85. The van der Waals surface area contributed by atoms with Gasteiger partial charge in [0.05, 0.1) is 0 Å². The Morgan fingerprint density at radius 1 is 1.05 bits per heavy atom. The predicted octanol–water partition coefficient (Wildman–Crippen LogP) is 3.47. The summed E-state index contributed by atoms with van der Waals surface area (Å²) in [6.45, 7) is 4.23. The monoisotopic (exact) mass is 286 g/mol. The number of rotatable bonds is 6. The van der Waals surface area contributed by atoms with Crippen molar-refractivity contribution in [2.75, 3.05) is 5.75 Å². The Balaban J connectivity index is 1.90. The number of hydrogen-bond acceptors (Lipinski definition) is 3. The van der Waals surface area contributed by atoms with E-state index in [-0.39, 0.29) is 6.04 Å². The molecule has 2 aromatic carbocycles. The van der Waals surface area contributed by atoms with Gasteiger partial charge in [0, 0.05) is 16.7 Å². The molecule has 1 unspecified atom stereocenters. The Bertz CT molecular complexity index is 537. The van der Waals surface area contributed by atoms with E-state index in [1.807, 2.05) is 11.8 Å². The first-order valence-corrected chi connectivity index (χ1v) is 7.87. The van der Waals surface area contributed by atoms with Gasteiger partial charge in [-0.1, -0.05) is 47.5 Å². The molecule has 0 bridgehead atoms. The van der Waals surface area contributed by atoms with Gasteiger partial charge in [0.15, 0.2) is 0 Å². The number of nitrogens with one attached hydrogen (secondary N) is 1. The van der Waals surface area contributed by atoms with Crippen LogP contribution in [0.4, 0.5) is 0 Å². The highest BCUT2D eigenvalue weighted by Crippen LogP contribution is 2.20. The first-order chi connectivity index (χ1) is 9.67. The average molecular weight is 286 g/mol. The fraction of sp³-hybridized carbons (Fsp3) is 0.294. The second kappa shape index (κ2) is 7.48. The van der Waals surface area contributed by atoms with Gasteiger partial charge >= 0.3 is 0 Å². The standard InChI is InChI=1S/C17H22N2S/c1-13-6-8-17(9-7-13)20-12-16(19-18)11-15-5-3-4-14(2)10-15/h3-10,16,19H,11-12,18H2,1-2H3. The molecule has 106 valence electrons. The van der Waals surface area contributed by atoms with Gasteiger partial charge in [0.25, 0.3) is 0 Å². The lowest BCUT2D eigenvalue weighted by atomic mass is 10.1. The van der Waals surface area contributed by atoms with Gasteiger partial charge in [-0.25, -0.2) is 0 Å². The molecule has 20 heavy (non-hydrogen) atoms. The summed E-state index contributed by atoms with van der Waals surface area (Å²) in [5, 5.41) is 0. The molecule has 0 aliphatic carbocycles. The third-order valence-electron chi connectivity index (χ3n) is 3.27. The summed E-state index contributed by atoms with van der Waals surface area (Å²) < 4.78 is 0. The summed E-state index contributed by atoms with van der Waals surface area (Å²) in [6.07, 6.45) is 0.955. The van der Waals surface area contributed by atoms with Gasteiger partial charge in [-0.3, -0.25) is 11.3 Å². The highest BCUT2D eigenvalue weighted by atomic mass is 32.2. The quantitative estimate of drug-likeness (QED) is 0.485. The second-order valence-electron chi connectivity index (χ2n) is 5.18. The van der Waals surface area contributed by atoms with Crippen LogP contribution in [0.1, 0.15) is 16.7 Å². The molecule has 1 atom stereocenters. The molecule has 0 amide bonds.